The first-order valence-corrected chi connectivity index (χ1v) is 12.0. The van der Waals surface area contributed by atoms with Crippen LogP contribution in [-0.4, -0.2) is 88.6 Å². The number of fused-ring (bicyclic) bond motifs is 1. The third-order valence-corrected chi connectivity index (χ3v) is 6.90. The molecule has 1 N–H and O–H groups in total. The molecule has 2 aromatic rings. The fourth-order valence-corrected chi connectivity index (χ4v) is 4.98. The van der Waals surface area contributed by atoms with E-state index in [0.717, 1.165) is 94.9 Å². The van der Waals surface area contributed by atoms with Crippen molar-refractivity contribution in [3.63, 3.8) is 0 Å². The maximum atomic E-state index is 12.7. The zero-order chi connectivity index (χ0) is 21.9. The first-order chi connectivity index (χ1) is 15.7. The number of carbonyl (C=O) groups excluding carboxylic acids is 1. The molecular weight excluding hydrogens is 408 g/mol. The second-order valence-corrected chi connectivity index (χ2v) is 8.99. The van der Waals surface area contributed by atoms with Crippen molar-refractivity contribution in [2.75, 3.05) is 51.3 Å². The lowest BCUT2D eigenvalue weighted by Crippen LogP contribution is -2.51. The number of nitrogens with zero attached hydrogens (tertiary/aromatic N) is 5. The number of aromatic nitrogens is 3. The van der Waals surface area contributed by atoms with Crippen LogP contribution in [0.5, 0.6) is 0 Å². The molecule has 2 aromatic heterocycles. The van der Waals surface area contributed by atoms with Gasteiger partial charge in [0, 0.05) is 76.9 Å². The maximum absolute atomic E-state index is 12.7. The van der Waals surface area contributed by atoms with Gasteiger partial charge in [-0.05, 0) is 32.6 Å². The highest BCUT2D eigenvalue weighted by Crippen LogP contribution is 2.29. The number of piperazine rings is 1. The van der Waals surface area contributed by atoms with Crippen molar-refractivity contribution in [3.8, 4) is 0 Å². The number of ether oxygens (including phenoxy) is 2. The number of hydrogen-bond donors (Lipinski definition) is 1. The second kappa shape index (κ2) is 9.72. The molecule has 32 heavy (non-hydrogen) atoms. The number of carbonyl (C=O) groups is 1. The summed E-state index contributed by atoms with van der Waals surface area (Å²) in [6, 6.07) is 0.402. The Bertz CT molecular complexity index is 927. The third kappa shape index (κ3) is 4.46. The van der Waals surface area contributed by atoms with Gasteiger partial charge in [0.05, 0.1) is 17.3 Å². The van der Waals surface area contributed by atoms with Gasteiger partial charge in [0.15, 0.2) is 5.65 Å². The summed E-state index contributed by atoms with van der Waals surface area (Å²) < 4.78 is 13.1. The van der Waals surface area contributed by atoms with Crippen LogP contribution in [0.2, 0.25) is 0 Å². The molecule has 3 fully saturated rings. The first-order valence-electron chi connectivity index (χ1n) is 12.0. The van der Waals surface area contributed by atoms with E-state index in [4.69, 9.17) is 14.5 Å². The standard InChI is InChI=1S/C23H34N6O3/c1-2-29-22-19(15-25-29)21(26-18-5-12-31-13-6-18)17(14-24-22)16-27-7-9-28(10-8-27)23(30)20-4-3-11-32-20/h14-15,18,20H,2-13,16H2,1H3,(H,24,26). The Balaban J connectivity index is 1.30. The zero-order valence-electron chi connectivity index (χ0n) is 19.0. The number of aryl methyl sites for hydroxylation is 1. The number of hydrogen-bond acceptors (Lipinski definition) is 7. The maximum Gasteiger partial charge on any atom is 0.251 e. The van der Waals surface area contributed by atoms with E-state index in [1.165, 1.54) is 5.56 Å². The van der Waals surface area contributed by atoms with E-state index in [-0.39, 0.29) is 12.0 Å². The van der Waals surface area contributed by atoms with Crippen LogP contribution in [-0.2, 0) is 27.4 Å². The van der Waals surface area contributed by atoms with Crippen LogP contribution in [0.15, 0.2) is 12.4 Å². The number of anilines is 1. The van der Waals surface area contributed by atoms with Gasteiger partial charge in [0.25, 0.3) is 5.91 Å². The van der Waals surface area contributed by atoms with Crippen LogP contribution < -0.4 is 5.32 Å². The number of amides is 1. The molecule has 9 nitrogen and oxygen atoms in total. The monoisotopic (exact) mass is 442 g/mol. The lowest BCUT2D eigenvalue weighted by molar-refractivity contribution is -0.142. The van der Waals surface area contributed by atoms with Crippen molar-refractivity contribution in [2.24, 2.45) is 0 Å². The minimum Gasteiger partial charge on any atom is -0.381 e. The topological polar surface area (TPSA) is 84.8 Å². The van der Waals surface area contributed by atoms with Crippen LogP contribution in [0.25, 0.3) is 11.0 Å². The first kappa shape index (κ1) is 21.6. The summed E-state index contributed by atoms with van der Waals surface area (Å²) in [5.41, 5.74) is 3.27. The summed E-state index contributed by atoms with van der Waals surface area (Å²) in [5, 5.41) is 9.43. The molecule has 1 amide bonds. The van der Waals surface area contributed by atoms with Crippen molar-refractivity contribution in [3.05, 3.63) is 18.0 Å². The molecule has 1 unspecified atom stereocenters. The van der Waals surface area contributed by atoms with E-state index in [1.54, 1.807) is 0 Å². The summed E-state index contributed by atoms with van der Waals surface area (Å²) >= 11 is 0. The molecule has 0 radical (unpaired) electrons. The van der Waals surface area contributed by atoms with Gasteiger partial charge in [0.1, 0.15) is 6.10 Å². The molecule has 5 rings (SSSR count). The summed E-state index contributed by atoms with van der Waals surface area (Å²) in [7, 11) is 0. The Morgan fingerprint density at radius 2 is 1.94 bits per heavy atom. The van der Waals surface area contributed by atoms with Crippen molar-refractivity contribution in [2.45, 2.75) is 57.8 Å². The predicted molar refractivity (Wildman–Crippen MR) is 121 cm³/mol. The summed E-state index contributed by atoms with van der Waals surface area (Å²) in [4.78, 5) is 21.8. The Kier molecular flexibility index (Phi) is 6.56. The summed E-state index contributed by atoms with van der Waals surface area (Å²) in [5.74, 6) is 0.166. The summed E-state index contributed by atoms with van der Waals surface area (Å²) in [6.45, 7) is 9.25. The smallest absolute Gasteiger partial charge is 0.251 e. The molecule has 0 bridgehead atoms. The Labute approximate surface area is 189 Å². The predicted octanol–water partition coefficient (Wildman–Crippen LogP) is 1.87. The SMILES string of the molecule is CCn1ncc2c(NC3CCOCC3)c(CN3CCN(C(=O)C4CCCO4)CC3)cnc21. The molecule has 9 heteroatoms. The average molecular weight is 443 g/mol. The lowest BCUT2D eigenvalue weighted by atomic mass is 10.1. The Morgan fingerprint density at radius 1 is 1.12 bits per heavy atom. The molecule has 174 valence electrons. The zero-order valence-corrected chi connectivity index (χ0v) is 19.0. The Hall–Kier alpha value is -2.23. The van der Waals surface area contributed by atoms with E-state index >= 15 is 0 Å². The van der Waals surface area contributed by atoms with E-state index in [2.05, 4.69) is 22.2 Å². The van der Waals surface area contributed by atoms with E-state index in [0.29, 0.717) is 12.6 Å². The molecule has 0 spiro atoms. The van der Waals surface area contributed by atoms with E-state index in [9.17, 15) is 4.79 Å². The van der Waals surface area contributed by atoms with Gasteiger partial charge in [-0.25, -0.2) is 9.67 Å². The molecule has 1 atom stereocenters. The Morgan fingerprint density at radius 3 is 2.66 bits per heavy atom. The van der Waals surface area contributed by atoms with Crippen molar-refractivity contribution in [1.29, 1.82) is 0 Å². The van der Waals surface area contributed by atoms with Crippen LogP contribution in [0.3, 0.4) is 0 Å². The molecule has 3 aliphatic rings. The van der Waals surface area contributed by atoms with Gasteiger partial charge in [-0.2, -0.15) is 5.10 Å². The molecular formula is C23H34N6O3. The highest BCUT2D eigenvalue weighted by Gasteiger charge is 2.30. The van der Waals surface area contributed by atoms with Crippen LogP contribution >= 0.6 is 0 Å². The van der Waals surface area contributed by atoms with Gasteiger partial charge in [-0.3, -0.25) is 9.69 Å². The molecule has 5 heterocycles. The summed E-state index contributed by atoms with van der Waals surface area (Å²) in [6.07, 6.45) is 7.58. The van der Waals surface area contributed by atoms with Crippen molar-refractivity contribution >= 4 is 22.6 Å². The highest BCUT2D eigenvalue weighted by molar-refractivity contribution is 5.90. The number of nitrogens with one attached hydrogen (secondary N) is 1. The molecule has 0 saturated carbocycles. The van der Waals surface area contributed by atoms with Gasteiger partial charge >= 0.3 is 0 Å². The fourth-order valence-electron chi connectivity index (χ4n) is 4.98. The van der Waals surface area contributed by atoms with Gasteiger partial charge in [0.2, 0.25) is 0 Å². The molecule has 0 aliphatic carbocycles. The average Bonchev–Trinajstić information content (AvgIpc) is 3.51. The minimum atomic E-state index is -0.224. The number of pyridine rings is 1. The van der Waals surface area contributed by atoms with Gasteiger partial charge in [-0.1, -0.05) is 0 Å². The normalized spacial score (nSPS) is 23.2. The highest BCUT2D eigenvalue weighted by atomic mass is 16.5. The quantitative estimate of drug-likeness (QED) is 0.731. The molecule has 3 aliphatic heterocycles. The van der Waals surface area contributed by atoms with Crippen molar-refractivity contribution < 1.29 is 14.3 Å². The lowest BCUT2D eigenvalue weighted by Gasteiger charge is -2.36. The minimum absolute atomic E-state index is 0.166. The van der Waals surface area contributed by atoms with E-state index in [1.807, 2.05) is 22.0 Å². The van der Waals surface area contributed by atoms with Gasteiger partial charge < -0.3 is 19.7 Å². The van der Waals surface area contributed by atoms with Crippen molar-refractivity contribution in [1.82, 2.24) is 24.6 Å². The number of rotatable bonds is 6. The largest absolute Gasteiger partial charge is 0.381 e. The van der Waals surface area contributed by atoms with E-state index < -0.39 is 0 Å². The second-order valence-electron chi connectivity index (χ2n) is 8.99. The molecule has 0 aromatic carbocycles. The fraction of sp³-hybridized carbons (Fsp3) is 0.696. The van der Waals surface area contributed by atoms with Crippen LogP contribution in [0, 0.1) is 0 Å². The van der Waals surface area contributed by atoms with Crippen LogP contribution in [0.1, 0.15) is 38.2 Å². The third-order valence-electron chi connectivity index (χ3n) is 6.90. The van der Waals surface area contributed by atoms with Gasteiger partial charge in [-0.15, -0.1) is 0 Å². The van der Waals surface area contributed by atoms with Crippen LogP contribution in [0.4, 0.5) is 5.69 Å². The molecule has 3 saturated heterocycles.